The molecule has 1 aromatic heterocycles. The first kappa shape index (κ1) is 12.1. The predicted molar refractivity (Wildman–Crippen MR) is 55.4 cm³/mol. The number of aromatic carboxylic acids is 1. The SMILES string of the molecule is COc1cnc(I)c(C(=O)O)c1C(F)F. The van der Waals surface area contributed by atoms with E-state index in [1.54, 1.807) is 22.6 Å². The lowest BCUT2D eigenvalue weighted by molar-refractivity contribution is 0.0680. The van der Waals surface area contributed by atoms with E-state index in [9.17, 15) is 13.6 Å². The van der Waals surface area contributed by atoms with Crippen LogP contribution in [0.1, 0.15) is 22.3 Å². The third-order valence-electron chi connectivity index (χ3n) is 1.69. The number of ether oxygens (including phenoxy) is 1. The fourth-order valence-corrected chi connectivity index (χ4v) is 1.73. The summed E-state index contributed by atoms with van der Waals surface area (Å²) < 4.78 is 29.9. The van der Waals surface area contributed by atoms with Crippen LogP contribution in [0.5, 0.6) is 5.75 Å². The second-order valence-corrected chi connectivity index (χ2v) is 3.53. The number of alkyl halides is 2. The predicted octanol–water partition coefficient (Wildman–Crippen LogP) is 2.33. The third-order valence-corrected chi connectivity index (χ3v) is 2.51. The molecular weight excluding hydrogens is 323 g/mol. The summed E-state index contributed by atoms with van der Waals surface area (Å²) in [7, 11) is 1.18. The van der Waals surface area contributed by atoms with Crippen molar-refractivity contribution in [2.45, 2.75) is 6.43 Å². The molecule has 1 aromatic rings. The second-order valence-electron chi connectivity index (χ2n) is 2.51. The summed E-state index contributed by atoms with van der Waals surface area (Å²) in [5.41, 5.74) is -1.14. The first-order chi connectivity index (χ1) is 6.99. The fraction of sp³-hybridized carbons (Fsp3) is 0.250. The minimum absolute atomic E-state index is 0.0104. The van der Waals surface area contributed by atoms with Crippen LogP contribution in [0, 0.1) is 3.70 Å². The van der Waals surface area contributed by atoms with Crippen molar-refractivity contribution >= 4 is 28.6 Å². The van der Waals surface area contributed by atoms with Crippen molar-refractivity contribution < 1.29 is 23.4 Å². The average Bonchev–Trinajstić information content (AvgIpc) is 2.16. The number of halogens is 3. The molecule has 0 spiro atoms. The van der Waals surface area contributed by atoms with Crippen molar-refractivity contribution in [1.82, 2.24) is 4.98 Å². The van der Waals surface area contributed by atoms with Gasteiger partial charge in [-0.3, -0.25) is 0 Å². The van der Waals surface area contributed by atoms with Gasteiger partial charge in [0.2, 0.25) is 0 Å². The molecule has 0 atom stereocenters. The number of rotatable bonds is 3. The van der Waals surface area contributed by atoms with Crippen molar-refractivity contribution in [1.29, 1.82) is 0 Å². The van der Waals surface area contributed by atoms with E-state index in [-0.39, 0.29) is 9.45 Å². The van der Waals surface area contributed by atoms with E-state index in [4.69, 9.17) is 5.11 Å². The Bertz CT molecular complexity index is 398. The average molecular weight is 329 g/mol. The molecule has 4 nitrogen and oxygen atoms in total. The van der Waals surface area contributed by atoms with Crippen molar-refractivity contribution in [2.75, 3.05) is 7.11 Å². The topological polar surface area (TPSA) is 59.4 Å². The Kier molecular flexibility index (Phi) is 3.77. The Morgan fingerprint density at radius 3 is 2.67 bits per heavy atom. The first-order valence-corrected chi connectivity index (χ1v) is 4.80. The van der Waals surface area contributed by atoms with Gasteiger partial charge in [-0.1, -0.05) is 0 Å². The lowest BCUT2D eigenvalue weighted by Crippen LogP contribution is -2.09. The number of carboxylic acid groups (broad SMARTS) is 1. The molecule has 0 amide bonds. The van der Waals surface area contributed by atoms with Gasteiger partial charge in [-0.15, -0.1) is 0 Å². The van der Waals surface area contributed by atoms with Gasteiger partial charge in [0.1, 0.15) is 15.0 Å². The van der Waals surface area contributed by atoms with Gasteiger partial charge in [-0.05, 0) is 22.6 Å². The molecule has 1 heterocycles. The van der Waals surface area contributed by atoms with Crippen LogP contribution < -0.4 is 4.74 Å². The van der Waals surface area contributed by atoms with Gasteiger partial charge in [0, 0.05) is 0 Å². The van der Waals surface area contributed by atoms with Crippen LogP contribution in [-0.2, 0) is 0 Å². The van der Waals surface area contributed by atoms with E-state index in [0.717, 1.165) is 6.20 Å². The van der Waals surface area contributed by atoms with Crippen molar-refractivity contribution in [3.8, 4) is 5.75 Å². The van der Waals surface area contributed by atoms with E-state index in [1.165, 1.54) is 7.11 Å². The van der Waals surface area contributed by atoms with Gasteiger partial charge in [0.25, 0.3) is 6.43 Å². The molecule has 0 fully saturated rings. The van der Waals surface area contributed by atoms with Gasteiger partial charge in [-0.2, -0.15) is 0 Å². The molecular formula is C8H6F2INO3. The highest BCUT2D eigenvalue weighted by molar-refractivity contribution is 14.1. The Hall–Kier alpha value is -0.990. The van der Waals surface area contributed by atoms with Gasteiger partial charge in [-0.25, -0.2) is 18.6 Å². The van der Waals surface area contributed by atoms with E-state index >= 15 is 0 Å². The molecule has 0 aromatic carbocycles. The maximum atomic E-state index is 12.6. The van der Waals surface area contributed by atoms with Crippen molar-refractivity contribution in [2.24, 2.45) is 0 Å². The highest BCUT2D eigenvalue weighted by atomic mass is 127. The minimum atomic E-state index is -2.91. The first-order valence-electron chi connectivity index (χ1n) is 3.72. The highest BCUT2D eigenvalue weighted by Crippen LogP contribution is 2.33. The number of hydrogen-bond donors (Lipinski definition) is 1. The summed E-state index contributed by atoms with van der Waals surface area (Å²) >= 11 is 1.59. The standard InChI is InChI=1S/C8H6F2INO3/c1-15-3-2-12-7(11)5(8(13)14)4(3)6(9)10/h2,6H,1H3,(H,13,14). The zero-order chi connectivity index (χ0) is 11.6. The lowest BCUT2D eigenvalue weighted by Gasteiger charge is -2.11. The quantitative estimate of drug-likeness (QED) is 0.683. The Morgan fingerprint density at radius 2 is 2.27 bits per heavy atom. The van der Waals surface area contributed by atoms with Gasteiger partial charge >= 0.3 is 5.97 Å². The number of nitrogens with zero attached hydrogens (tertiary/aromatic N) is 1. The van der Waals surface area contributed by atoms with E-state index in [1.807, 2.05) is 0 Å². The monoisotopic (exact) mass is 329 g/mol. The molecule has 82 valence electrons. The molecule has 0 saturated carbocycles. The number of aromatic nitrogens is 1. The van der Waals surface area contributed by atoms with Crippen LogP contribution in [0.25, 0.3) is 0 Å². The number of carbonyl (C=O) groups is 1. The molecule has 1 rings (SSSR count). The number of carboxylic acids is 1. The van der Waals surface area contributed by atoms with Crippen LogP contribution in [0.4, 0.5) is 8.78 Å². The Morgan fingerprint density at radius 1 is 1.67 bits per heavy atom. The molecule has 0 aliphatic carbocycles. The smallest absolute Gasteiger partial charge is 0.339 e. The molecule has 0 bridgehead atoms. The maximum Gasteiger partial charge on any atom is 0.339 e. The Balaban J connectivity index is 3.51. The van der Waals surface area contributed by atoms with Crippen LogP contribution >= 0.6 is 22.6 Å². The molecule has 15 heavy (non-hydrogen) atoms. The number of hydrogen-bond acceptors (Lipinski definition) is 3. The molecule has 0 aliphatic heterocycles. The van der Waals surface area contributed by atoms with Crippen LogP contribution in [-0.4, -0.2) is 23.2 Å². The summed E-state index contributed by atoms with van der Waals surface area (Å²) in [6.45, 7) is 0. The lowest BCUT2D eigenvalue weighted by atomic mass is 10.1. The van der Waals surface area contributed by atoms with E-state index in [2.05, 4.69) is 9.72 Å². The van der Waals surface area contributed by atoms with Crippen molar-refractivity contribution in [3.05, 3.63) is 21.0 Å². The minimum Gasteiger partial charge on any atom is -0.495 e. The van der Waals surface area contributed by atoms with Gasteiger partial charge in [0.15, 0.2) is 0 Å². The molecule has 7 heteroatoms. The summed E-state index contributed by atoms with van der Waals surface area (Å²) in [5, 5.41) is 8.78. The van der Waals surface area contributed by atoms with Gasteiger partial charge < -0.3 is 9.84 Å². The van der Waals surface area contributed by atoms with E-state index < -0.39 is 23.5 Å². The van der Waals surface area contributed by atoms with Crippen molar-refractivity contribution in [3.63, 3.8) is 0 Å². The number of pyridine rings is 1. The van der Waals surface area contributed by atoms with Crippen LogP contribution in [0.3, 0.4) is 0 Å². The zero-order valence-electron chi connectivity index (χ0n) is 7.50. The van der Waals surface area contributed by atoms with Crippen LogP contribution in [0.2, 0.25) is 0 Å². The number of methoxy groups -OCH3 is 1. The maximum absolute atomic E-state index is 12.6. The summed E-state index contributed by atoms with van der Waals surface area (Å²) in [6.07, 6.45) is -1.84. The highest BCUT2D eigenvalue weighted by Gasteiger charge is 2.26. The second kappa shape index (κ2) is 4.69. The largest absolute Gasteiger partial charge is 0.495 e. The Labute approximate surface area is 97.4 Å². The van der Waals surface area contributed by atoms with Gasteiger partial charge in [0.05, 0.1) is 18.9 Å². The normalized spacial score (nSPS) is 10.5. The molecule has 0 aliphatic rings. The third kappa shape index (κ3) is 2.33. The summed E-state index contributed by atoms with van der Waals surface area (Å²) in [5.74, 6) is -1.66. The van der Waals surface area contributed by atoms with Crippen LogP contribution in [0.15, 0.2) is 6.20 Å². The molecule has 0 unspecified atom stereocenters. The molecule has 1 N–H and O–H groups in total. The fourth-order valence-electron chi connectivity index (χ4n) is 1.07. The molecule has 0 saturated heterocycles. The van der Waals surface area contributed by atoms with E-state index in [0.29, 0.717) is 0 Å². The summed E-state index contributed by atoms with van der Waals surface area (Å²) in [4.78, 5) is 14.4. The molecule has 0 radical (unpaired) electrons. The zero-order valence-corrected chi connectivity index (χ0v) is 9.66. The summed E-state index contributed by atoms with van der Waals surface area (Å²) in [6, 6.07) is 0.